The molecule has 3 nitrogen and oxygen atoms in total. The molecule has 0 aromatic heterocycles. The van der Waals surface area contributed by atoms with Crippen LogP contribution in [0.15, 0.2) is 54.6 Å². The molecule has 0 saturated carbocycles. The molecule has 0 aliphatic rings. The van der Waals surface area contributed by atoms with Gasteiger partial charge in [-0.3, -0.25) is 9.59 Å². The number of esters is 1. The van der Waals surface area contributed by atoms with Gasteiger partial charge in [0, 0.05) is 6.92 Å². The van der Waals surface area contributed by atoms with Gasteiger partial charge >= 0.3 is 5.97 Å². The Morgan fingerprint density at radius 2 is 1.60 bits per heavy atom. The van der Waals surface area contributed by atoms with E-state index in [1.54, 1.807) is 36.4 Å². The van der Waals surface area contributed by atoms with Gasteiger partial charge in [0.1, 0.15) is 11.1 Å². The summed E-state index contributed by atoms with van der Waals surface area (Å²) in [6.45, 7) is 1.29. The zero-order valence-corrected chi connectivity index (χ0v) is 11.6. The maximum atomic E-state index is 12.4. The van der Waals surface area contributed by atoms with Crippen LogP contribution in [0.25, 0.3) is 0 Å². The van der Waals surface area contributed by atoms with Crippen molar-refractivity contribution in [3.63, 3.8) is 0 Å². The topological polar surface area (TPSA) is 43.4 Å². The Labute approximate surface area is 122 Å². The second-order valence-corrected chi connectivity index (χ2v) is 4.66. The number of rotatable bonds is 4. The number of benzene rings is 2. The highest BCUT2D eigenvalue weighted by atomic mass is 35.5. The van der Waals surface area contributed by atoms with E-state index in [2.05, 4.69) is 0 Å². The summed E-state index contributed by atoms with van der Waals surface area (Å²) < 4.78 is 5.03. The third-order valence-corrected chi connectivity index (χ3v) is 3.18. The van der Waals surface area contributed by atoms with Gasteiger partial charge < -0.3 is 4.74 Å². The van der Waals surface area contributed by atoms with Crippen molar-refractivity contribution in [3.8, 4) is 5.75 Å². The van der Waals surface area contributed by atoms with Gasteiger partial charge in [0.15, 0.2) is 5.78 Å². The SMILES string of the molecule is CC(=O)Oc1ccccc1C(=O)C(Cl)c1ccccc1. The Hall–Kier alpha value is -2.13. The highest BCUT2D eigenvalue weighted by Crippen LogP contribution is 2.29. The van der Waals surface area contributed by atoms with Gasteiger partial charge in [0.05, 0.1) is 5.56 Å². The van der Waals surface area contributed by atoms with Crippen LogP contribution in [0.2, 0.25) is 0 Å². The molecule has 102 valence electrons. The summed E-state index contributed by atoms with van der Waals surface area (Å²) in [5.74, 6) is -0.544. The molecule has 0 amide bonds. The van der Waals surface area contributed by atoms with Gasteiger partial charge in [-0.15, -0.1) is 11.6 Å². The van der Waals surface area contributed by atoms with Gasteiger partial charge in [0.2, 0.25) is 0 Å². The zero-order chi connectivity index (χ0) is 14.5. The lowest BCUT2D eigenvalue weighted by Crippen LogP contribution is -2.11. The molecule has 1 unspecified atom stereocenters. The Balaban J connectivity index is 2.32. The van der Waals surface area contributed by atoms with Gasteiger partial charge in [-0.2, -0.15) is 0 Å². The van der Waals surface area contributed by atoms with Crippen molar-refractivity contribution >= 4 is 23.4 Å². The van der Waals surface area contributed by atoms with E-state index in [1.807, 2.05) is 18.2 Å². The van der Waals surface area contributed by atoms with Crippen LogP contribution in [0.3, 0.4) is 0 Å². The van der Waals surface area contributed by atoms with E-state index < -0.39 is 11.3 Å². The molecule has 20 heavy (non-hydrogen) atoms. The van der Waals surface area contributed by atoms with Crippen LogP contribution in [0.4, 0.5) is 0 Å². The molecule has 0 aliphatic heterocycles. The van der Waals surface area contributed by atoms with E-state index in [9.17, 15) is 9.59 Å². The number of alkyl halides is 1. The summed E-state index contributed by atoms with van der Waals surface area (Å²) >= 11 is 6.21. The predicted octanol–water partition coefficient (Wildman–Crippen LogP) is 3.77. The number of carbonyl (C=O) groups excluding carboxylic acids is 2. The van der Waals surface area contributed by atoms with Crippen molar-refractivity contribution in [3.05, 3.63) is 65.7 Å². The second kappa shape index (κ2) is 6.35. The molecule has 0 saturated heterocycles. The average molecular weight is 289 g/mol. The Morgan fingerprint density at radius 1 is 1.00 bits per heavy atom. The number of carbonyl (C=O) groups is 2. The summed E-state index contributed by atoms with van der Waals surface area (Å²) in [5.41, 5.74) is 1.00. The highest BCUT2D eigenvalue weighted by molar-refractivity contribution is 6.34. The van der Waals surface area contributed by atoms with Crippen LogP contribution >= 0.6 is 11.6 Å². The average Bonchev–Trinajstić information content (AvgIpc) is 2.46. The number of ether oxygens (including phenoxy) is 1. The molecule has 0 spiro atoms. The van der Waals surface area contributed by atoms with Crippen molar-refractivity contribution in [2.24, 2.45) is 0 Å². The summed E-state index contributed by atoms with van der Waals surface area (Å²) in [5, 5.41) is -0.812. The number of Topliss-reactive ketones (excluding diaryl/α,β-unsaturated/α-hetero) is 1. The predicted molar refractivity (Wildman–Crippen MR) is 77.1 cm³/mol. The molecule has 1 atom stereocenters. The van der Waals surface area contributed by atoms with E-state index in [0.29, 0.717) is 11.1 Å². The Morgan fingerprint density at radius 3 is 2.25 bits per heavy atom. The maximum Gasteiger partial charge on any atom is 0.308 e. The quantitative estimate of drug-likeness (QED) is 0.372. The number of halogens is 1. The second-order valence-electron chi connectivity index (χ2n) is 4.23. The lowest BCUT2D eigenvalue weighted by atomic mass is 10.0. The third kappa shape index (κ3) is 3.25. The van der Waals surface area contributed by atoms with E-state index >= 15 is 0 Å². The van der Waals surface area contributed by atoms with Gasteiger partial charge in [-0.05, 0) is 17.7 Å². The lowest BCUT2D eigenvalue weighted by Gasteiger charge is -2.12. The van der Waals surface area contributed by atoms with E-state index in [1.165, 1.54) is 6.92 Å². The number of ketones is 1. The molecule has 4 heteroatoms. The van der Waals surface area contributed by atoms with E-state index in [0.717, 1.165) is 0 Å². The van der Waals surface area contributed by atoms with Gasteiger partial charge in [-0.1, -0.05) is 42.5 Å². The molecule has 0 heterocycles. The number of hydrogen-bond acceptors (Lipinski definition) is 3. The molecular weight excluding hydrogens is 276 g/mol. The van der Waals surface area contributed by atoms with Crippen LogP contribution in [0.1, 0.15) is 28.2 Å². The van der Waals surface area contributed by atoms with Crippen molar-refractivity contribution in [2.45, 2.75) is 12.3 Å². The normalized spacial score (nSPS) is 11.7. The van der Waals surface area contributed by atoms with Crippen LogP contribution in [-0.2, 0) is 4.79 Å². The standard InChI is InChI=1S/C16H13ClO3/c1-11(18)20-14-10-6-5-9-13(14)16(19)15(17)12-7-3-2-4-8-12/h2-10,15H,1H3. The monoisotopic (exact) mass is 288 g/mol. The minimum Gasteiger partial charge on any atom is -0.426 e. The van der Waals surface area contributed by atoms with Crippen molar-refractivity contribution in [2.75, 3.05) is 0 Å². The van der Waals surface area contributed by atoms with Crippen LogP contribution in [0.5, 0.6) is 5.75 Å². The fourth-order valence-electron chi connectivity index (χ4n) is 1.82. The summed E-state index contributed by atoms with van der Waals surface area (Å²) in [4.78, 5) is 23.5. The molecule has 2 aromatic rings. The first-order chi connectivity index (χ1) is 9.59. The Bertz CT molecular complexity index is 623. The minimum absolute atomic E-state index is 0.228. The fourth-order valence-corrected chi connectivity index (χ4v) is 2.09. The molecule has 0 radical (unpaired) electrons. The van der Waals surface area contributed by atoms with Gasteiger partial charge in [-0.25, -0.2) is 0 Å². The highest BCUT2D eigenvalue weighted by Gasteiger charge is 2.22. The summed E-state index contributed by atoms with van der Waals surface area (Å²) in [6.07, 6.45) is 0. The zero-order valence-electron chi connectivity index (χ0n) is 10.9. The van der Waals surface area contributed by atoms with Gasteiger partial charge in [0.25, 0.3) is 0 Å². The van der Waals surface area contributed by atoms with Crippen LogP contribution in [-0.4, -0.2) is 11.8 Å². The maximum absolute atomic E-state index is 12.4. The smallest absolute Gasteiger partial charge is 0.308 e. The first-order valence-corrected chi connectivity index (χ1v) is 6.54. The summed E-state index contributed by atoms with van der Waals surface area (Å²) in [7, 11) is 0. The number of hydrogen-bond donors (Lipinski definition) is 0. The minimum atomic E-state index is -0.812. The first-order valence-electron chi connectivity index (χ1n) is 6.10. The van der Waals surface area contributed by atoms with Crippen molar-refractivity contribution in [1.29, 1.82) is 0 Å². The third-order valence-electron chi connectivity index (χ3n) is 2.73. The molecule has 2 aromatic carbocycles. The molecule has 2 rings (SSSR count). The van der Waals surface area contributed by atoms with Crippen LogP contribution in [0, 0.1) is 0 Å². The molecule has 0 N–H and O–H groups in total. The molecule has 0 bridgehead atoms. The largest absolute Gasteiger partial charge is 0.426 e. The fraction of sp³-hybridized carbons (Fsp3) is 0.125. The molecular formula is C16H13ClO3. The molecule has 0 fully saturated rings. The Kier molecular flexibility index (Phi) is 4.53. The first kappa shape index (κ1) is 14.3. The summed E-state index contributed by atoms with van der Waals surface area (Å²) in [6, 6.07) is 15.6. The van der Waals surface area contributed by atoms with Crippen LogP contribution < -0.4 is 4.74 Å². The van der Waals surface area contributed by atoms with E-state index in [-0.39, 0.29) is 11.5 Å². The van der Waals surface area contributed by atoms with E-state index in [4.69, 9.17) is 16.3 Å². The molecule has 0 aliphatic carbocycles. The van der Waals surface area contributed by atoms with Crippen molar-refractivity contribution in [1.82, 2.24) is 0 Å². The number of para-hydroxylation sites is 1. The lowest BCUT2D eigenvalue weighted by molar-refractivity contribution is -0.131. The van der Waals surface area contributed by atoms with Crippen molar-refractivity contribution < 1.29 is 14.3 Å².